The lowest BCUT2D eigenvalue weighted by Gasteiger charge is -2.33. The average molecular weight is 329 g/mol. The Kier molecular flexibility index (Phi) is 4.83. The van der Waals surface area contributed by atoms with E-state index in [4.69, 9.17) is 0 Å². The summed E-state index contributed by atoms with van der Waals surface area (Å²) in [5.41, 5.74) is 2.59. The lowest BCUT2D eigenvalue weighted by atomic mass is 9.90. The Labute approximate surface area is 138 Å². The van der Waals surface area contributed by atoms with Gasteiger partial charge in [-0.1, -0.05) is 42.5 Å². The molecule has 2 aromatic rings. The largest absolute Gasteiger partial charge is 0.298 e. The molecule has 23 heavy (non-hydrogen) atoms. The summed E-state index contributed by atoms with van der Waals surface area (Å²) in [6.45, 7) is 3.06. The molecular weight excluding hydrogens is 306 g/mol. The molecule has 1 heterocycles. The molecule has 2 aromatic carbocycles. The monoisotopic (exact) mass is 329 g/mol. The van der Waals surface area contributed by atoms with Crippen LogP contribution in [0.2, 0.25) is 0 Å². The van der Waals surface area contributed by atoms with Gasteiger partial charge in [-0.2, -0.15) is 0 Å². The molecule has 0 aromatic heterocycles. The van der Waals surface area contributed by atoms with E-state index in [0.29, 0.717) is 10.8 Å². The fourth-order valence-corrected chi connectivity index (χ4v) is 3.93. The summed E-state index contributed by atoms with van der Waals surface area (Å²) in [5, 5.41) is 0. The Morgan fingerprint density at radius 1 is 1.04 bits per heavy atom. The van der Waals surface area contributed by atoms with Gasteiger partial charge in [-0.3, -0.25) is 4.90 Å². The predicted octanol–water partition coefficient (Wildman–Crippen LogP) is 3.47. The first-order valence-corrected chi connectivity index (χ1v) is 9.98. The molecule has 3 nitrogen and oxygen atoms in total. The summed E-state index contributed by atoms with van der Waals surface area (Å²) < 4.78 is 23.0. The predicted molar refractivity (Wildman–Crippen MR) is 93.2 cm³/mol. The molecule has 122 valence electrons. The van der Waals surface area contributed by atoms with Crippen LogP contribution in [0.3, 0.4) is 0 Å². The van der Waals surface area contributed by atoms with Crippen LogP contribution in [0.15, 0.2) is 59.5 Å². The third kappa shape index (κ3) is 4.21. The summed E-state index contributed by atoms with van der Waals surface area (Å²) in [4.78, 5) is 2.86. The normalized spacial score (nSPS) is 19.6. The van der Waals surface area contributed by atoms with Crippen molar-refractivity contribution in [2.24, 2.45) is 0 Å². The SMILES string of the molecule is CS(=O)(=O)c1ccc(CN2CCC[C@@H](c3ccccc3)C2)cc1. The second-order valence-electron chi connectivity index (χ2n) is 6.40. The Morgan fingerprint density at radius 2 is 1.74 bits per heavy atom. The molecule has 1 atom stereocenters. The smallest absolute Gasteiger partial charge is 0.175 e. The molecular formula is C19H23NO2S. The first-order valence-electron chi connectivity index (χ1n) is 8.09. The highest BCUT2D eigenvalue weighted by Gasteiger charge is 2.21. The van der Waals surface area contributed by atoms with Crippen molar-refractivity contribution in [3.63, 3.8) is 0 Å². The van der Waals surface area contributed by atoms with Crippen molar-refractivity contribution in [2.75, 3.05) is 19.3 Å². The van der Waals surface area contributed by atoms with Crippen molar-refractivity contribution in [1.82, 2.24) is 4.90 Å². The highest BCUT2D eigenvalue weighted by atomic mass is 32.2. The van der Waals surface area contributed by atoms with Crippen LogP contribution < -0.4 is 0 Å². The van der Waals surface area contributed by atoms with E-state index in [1.165, 1.54) is 30.2 Å². The molecule has 3 rings (SSSR count). The number of rotatable bonds is 4. The summed E-state index contributed by atoms with van der Waals surface area (Å²) in [7, 11) is -3.11. The van der Waals surface area contributed by atoms with Gasteiger partial charge in [0.25, 0.3) is 0 Å². The van der Waals surface area contributed by atoms with Crippen molar-refractivity contribution >= 4 is 9.84 Å². The lowest BCUT2D eigenvalue weighted by Crippen LogP contribution is -2.33. The van der Waals surface area contributed by atoms with Crippen LogP contribution in [0.25, 0.3) is 0 Å². The first kappa shape index (κ1) is 16.2. The second-order valence-corrected chi connectivity index (χ2v) is 8.42. The summed E-state index contributed by atoms with van der Waals surface area (Å²) in [6.07, 6.45) is 3.70. The van der Waals surface area contributed by atoms with Gasteiger partial charge in [0.2, 0.25) is 0 Å². The number of hydrogen-bond acceptors (Lipinski definition) is 3. The fraction of sp³-hybridized carbons (Fsp3) is 0.368. The van der Waals surface area contributed by atoms with Crippen molar-refractivity contribution < 1.29 is 8.42 Å². The standard InChI is InChI=1S/C19H23NO2S/c1-23(21,22)19-11-9-16(10-12-19)14-20-13-5-8-18(15-20)17-6-3-2-4-7-17/h2-4,6-7,9-12,18H,5,8,13-15H2,1H3/t18-/m1/s1. The maximum Gasteiger partial charge on any atom is 0.175 e. The van der Waals surface area contributed by atoms with Crippen LogP contribution in [0.4, 0.5) is 0 Å². The molecule has 1 aliphatic heterocycles. The topological polar surface area (TPSA) is 37.4 Å². The molecule has 0 spiro atoms. The van der Waals surface area contributed by atoms with Crippen molar-refractivity contribution in [2.45, 2.75) is 30.2 Å². The fourth-order valence-electron chi connectivity index (χ4n) is 3.30. The van der Waals surface area contributed by atoms with E-state index >= 15 is 0 Å². The molecule has 1 aliphatic rings. The van der Waals surface area contributed by atoms with Crippen molar-refractivity contribution in [1.29, 1.82) is 0 Å². The van der Waals surface area contributed by atoms with Gasteiger partial charge in [-0.25, -0.2) is 8.42 Å². The third-order valence-corrected chi connectivity index (χ3v) is 5.66. The minimum atomic E-state index is -3.11. The Hall–Kier alpha value is -1.65. The number of sulfone groups is 1. The van der Waals surface area contributed by atoms with Gasteiger partial charge >= 0.3 is 0 Å². The van der Waals surface area contributed by atoms with Crippen LogP contribution in [0.5, 0.6) is 0 Å². The van der Waals surface area contributed by atoms with Crippen LogP contribution in [-0.2, 0) is 16.4 Å². The molecule has 0 aliphatic carbocycles. The zero-order valence-corrected chi connectivity index (χ0v) is 14.3. The molecule has 0 radical (unpaired) electrons. The van der Waals surface area contributed by atoms with Gasteiger partial charge in [0.15, 0.2) is 9.84 Å². The molecule has 0 bridgehead atoms. The molecule has 0 N–H and O–H groups in total. The van der Waals surface area contributed by atoms with E-state index in [1.807, 2.05) is 12.1 Å². The third-order valence-electron chi connectivity index (χ3n) is 4.53. The number of hydrogen-bond donors (Lipinski definition) is 0. The van der Waals surface area contributed by atoms with Gasteiger partial charge < -0.3 is 0 Å². The summed E-state index contributed by atoms with van der Waals surface area (Å²) >= 11 is 0. The number of benzene rings is 2. The van der Waals surface area contributed by atoms with Crippen LogP contribution in [0, 0.1) is 0 Å². The number of piperidine rings is 1. The maximum atomic E-state index is 11.5. The van der Waals surface area contributed by atoms with Crippen molar-refractivity contribution in [3.05, 3.63) is 65.7 Å². The van der Waals surface area contributed by atoms with Crippen LogP contribution in [0.1, 0.15) is 29.9 Å². The van der Waals surface area contributed by atoms with Gasteiger partial charge in [0.1, 0.15) is 0 Å². The second kappa shape index (κ2) is 6.85. The minimum absolute atomic E-state index is 0.391. The lowest BCUT2D eigenvalue weighted by molar-refractivity contribution is 0.200. The van der Waals surface area contributed by atoms with E-state index in [-0.39, 0.29) is 0 Å². The molecule has 0 amide bonds. The molecule has 1 saturated heterocycles. The van der Waals surface area contributed by atoms with Gasteiger partial charge in [-0.15, -0.1) is 0 Å². The number of likely N-dealkylation sites (tertiary alicyclic amines) is 1. The Morgan fingerprint density at radius 3 is 2.39 bits per heavy atom. The quantitative estimate of drug-likeness (QED) is 0.862. The van der Waals surface area contributed by atoms with E-state index in [0.717, 1.165) is 19.6 Å². The van der Waals surface area contributed by atoms with E-state index in [1.54, 1.807) is 12.1 Å². The van der Waals surface area contributed by atoms with Crippen molar-refractivity contribution in [3.8, 4) is 0 Å². The molecule has 0 unspecified atom stereocenters. The highest BCUT2D eigenvalue weighted by molar-refractivity contribution is 7.90. The zero-order valence-electron chi connectivity index (χ0n) is 13.5. The summed E-state index contributed by atoms with van der Waals surface area (Å²) in [5.74, 6) is 0.597. The highest BCUT2D eigenvalue weighted by Crippen LogP contribution is 2.27. The average Bonchev–Trinajstić information content (AvgIpc) is 2.56. The number of nitrogens with zero attached hydrogens (tertiary/aromatic N) is 1. The molecule has 1 fully saturated rings. The first-order chi connectivity index (χ1) is 11.0. The Balaban J connectivity index is 1.66. The molecule has 4 heteroatoms. The van der Waals surface area contributed by atoms with E-state index < -0.39 is 9.84 Å². The maximum absolute atomic E-state index is 11.5. The summed E-state index contributed by atoms with van der Waals surface area (Å²) in [6, 6.07) is 18.0. The zero-order chi connectivity index (χ0) is 16.3. The van der Waals surface area contributed by atoms with E-state index in [2.05, 4.69) is 35.2 Å². The van der Waals surface area contributed by atoms with Gasteiger partial charge in [0.05, 0.1) is 4.90 Å². The minimum Gasteiger partial charge on any atom is -0.298 e. The van der Waals surface area contributed by atoms with Crippen LogP contribution in [-0.4, -0.2) is 32.7 Å². The van der Waals surface area contributed by atoms with E-state index in [9.17, 15) is 8.42 Å². The van der Waals surface area contributed by atoms with Gasteiger partial charge in [0, 0.05) is 19.3 Å². The van der Waals surface area contributed by atoms with Crippen LogP contribution >= 0.6 is 0 Å². The van der Waals surface area contributed by atoms with Gasteiger partial charge in [-0.05, 0) is 48.6 Å². The molecule has 0 saturated carbocycles. The Bertz CT molecular complexity index is 739.